The van der Waals surface area contributed by atoms with Crippen LogP contribution < -0.4 is 4.74 Å². The monoisotopic (exact) mass is 253 g/mol. The average Bonchev–Trinajstić information content (AvgIpc) is 2.77. The van der Waals surface area contributed by atoms with Crippen molar-refractivity contribution in [3.63, 3.8) is 0 Å². The van der Waals surface area contributed by atoms with Crippen LogP contribution in [0.15, 0.2) is 40.9 Å². The van der Waals surface area contributed by atoms with E-state index in [1.54, 1.807) is 37.6 Å². The Labute approximate surface area is 102 Å². The number of hydrogen-bond acceptors (Lipinski definition) is 3. The molecule has 0 aromatic heterocycles. The van der Waals surface area contributed by atoms with Gasteiger partial charge in [0, 0.05) is 12.7 Å². The molecular formula is C12H15NO3S. The summed E-state index contributed by atoms with van der Waals surface area (Å²) in [6, 6.07) is 6.43. The maximum atomic E-state index is 12.2. The standard InChI is InChI=1S/C12H15NO3S/c1-10-7-8-13(9-10)17(14,15)12-5-3-11(16-2)4-6-12/h3-6,9H,7-8H2,1-2H3. The molecule has 0 saturated carbocycles. The average molecular weight is 253 g/mol. The first-order chi connectivity index (χ1) is 8.04. The van der Waals surface area contributed by atoms with Gasteiger partial charge in [-0.15, -0.1) is 0 Å². The van der Waals surface area contributed by atoms with Crippen molar-refractivity contribution in [3.05, 3.63) is 36.0 Å². The van der Waals surface area contributed by atoms with Crippen LogP contribution in [0.4, 0.5) is 0 Å². The lowest BCUT2D eigenvalue weighted by Gasteiger charge is -2.15. The van der Waals surface area contributed by atoms with E-state index >= 15 is 0 Å². The van der Waals surface area contributed by atoms with E-state index in [9.17, 15) is 8.42 Å². The van der Waals surface area contributed by atoms with Crippen molar-refractivity contribution in [1.29, 1.82) is 0 Å². The molecule has 0 saturated heterocycles. The molecule has 0 N–H and O–H groups in total. The number of benzene rings is 1. The van der Waals surface area contributed by atoms with E-state index in [2.05, 4.69) is 0 Å². The molecule has 2 rings (SSSR count). The Balaban J connectivity index is 2.31. The van der Waals surface area contributed by atoms with Gasteiger partial charge in [0.1, 0.15) is 5.75 Å². The van der Waals surface area contributed by atoms with E-state index in [4.69, 9.17) is 4.74 Å². The summed E-state index contributed by atoms with van der Waals surface area (Å²) in [5.41, 5.74) is 1.09. The van der Waals surface area contributed by atoms with Gasteiger partial charge in [-0.1, -0.05) is 5.57 Å². The molecule has 0 fully saturated rings. The Morgan fingerprint density at radius 3 is 2.35 bits per heavy atom. The minimum absolute atomic E-state index is 0.296. The van der Waals surface area contributed by atoms with Crippen molar-refractivity contribution in [1.82, 2.24) is 4.31 Å². The third-order valence-electron chi connectivity index (χ3n) is 2.76. The van der Waals surface area contributed by atoms with Gasteiger partial charge in [-0.2, -0.15) is 0 Å². The zero-order chi connectivity index (χ0) is 12.5. The minimum Gasteiger partial charge on any atom is -0.497 e. The van der Waals surface area contributed by atoms with E-state index in [1.165, 1.54) is 4.31 Å². The molecule has 0 atom stereocenters. The Hall–Kier alpha value is -1.49. The number of rotatable bonds is 3. The van der Waals surface area contributed by atoms with Crippen molar-refractivity contribution in [3.8, 4) is 5.75 Å². The summed E-state index contributed by atoms with van der Waals surface area (Å²) in [6.45, 7) is 2.46. The van der Waals surface area contributed by atoms with E-state index in [1.807, 2.05) is 6.92 Å². The van der Waals surface area contributed by atoms with E-state index in [0.29, 0.717) is 17.2 Å². The van der Waals surface area contributed by atoms with Crippen LogP contribution >= 0.6 is 0 Å². The van der Waals surface area contributed by atoms with Gasteiger partial charge < -0.3 is 4.74 Å². The van der Waals surface area contributed by atoms with Crippen LogP contribution in [0.5, 0.6) is 5.75 Å². The van der Waals surface area contributed by atoms with Gasteiger partial charge in [-0.25, -0.2) is 8.42 Å². The molecule has 0 aliphatic carbocycles. The predicted molar refractivity (Wildman–Crippen MR) is 65.3 cm³/mol. The van der Waals surface area contributed by atoms with Crippen molar-refractivity contribution >= 4 is 10.0 Å². The van der Waals surface area contributed by atoms with Gasteiger partial charge >= 0.3 is 0 Å². The van der Waals surface area contributed by atoms with Crippen LogP contribution in [0.2, 0.25) is 0 Å². The minimum atomic E-state index is -3.40. The summed E-state index contributed by atoms with van der Waals surface area (Å²) in [4.78, 5) is 0.296. The summed E-state index contributed by atoms with van der Waals surface area (Å²) < 4.78 is 30.8. The number of ether oxygens (including phenoxy) is 1. The van der Waals surface area contributed by atoms with Gasteiger partial charge in [0.05, 0.1) is 12.0 Å². The molecule has 0 unspecified atom stereocenters. The van der Waals surface area contributed by atoms with Crippen LogP contribution in [0.3, 0.4) is 0 Å². The third-order valence-corrected chi connectivity index (χ3v) is 4.53. The molecule has 0 amide bonds. The molecule has 17 heavy (non-hydrogen) atoms. The van der Waals surface area contributed by atoms with E-state index in [0.717, 1.165) is 12.0 Å². The summed E-state index contributed by atoms with van der Waals surface area (Å²) in [6.07, 6.45) is 2.49. The first-order valence-corrected chi connectivity index (χ1v) is 6.81. The van der Waals surface area contributed by atoms with Gasteiger partial charge in [0.25, 0.3) is 10.0 Å². The molecule has 1 aromatic carbocycles. The highest BCUT2D eigenvalue weighted by Gasteiger charge is 2.24. The fourth-order valence-corrected chi connectivity index (χ4v) is 3.14. The first-order valence-electron chi connectivity index (χ1n) is 5.37. The molecule has 0 radical (unpaired) electrons. The Morgan fingerprint density at radius 1 is 1.24 bits per heavy atom. The molecule has 0 spiro atoms. The lowest BCUT2D eigenvalue weighted by molar-refractivity contribution is 0.414. The number of nitrogens with zero attached hydrogens (tertiary/aromatic N) is 1. The fraction of sp³-hybridized carbons (Fsp3) is 0.333. The molecule has 1 aromatic rings. The number of methoxy groups -OCH3 is 1. The zero-order valence-electron chi connectivity index (χ0n) is 9.88. The topological polar surface area (TPSA) is 46.6 Å². The van der Waals surface area contributed by atoms with Crippen molar-refractivity contribution in [2.24, 2.45) is 0 Å². The molecule has 1 aliphatic rings. The molecule has 5 heteroatoms. The fourth-order valence-electron chi connectivity index (χ4n) is 1.73. The second-order valence-corrected chi connectivity index (χ2v) is 5.91. The smallest absolute Gasteiger partial charge is 0.263 e. The summed E-state index contributed by atoms with van der Waals surface area (Å²) >= 11 is 0. The maximum absolute atomic E-state index is 12.2. The highest BCUT2D eigenvalue weighted by Crippen LogP contribution is 2.24. The molecule has 0 bridgehead atoms. The zero-order valence-corrected chi connectivity index (χ0v) is 10.7. The molecular weight excluding hydrogens is 238 g/mol. The molecule has 92 valence electrons. The quantitative estimate of drug-likeness (QED) is 0.827. The van der Waals surface area contributed by atoms with E-state index in [-0.39, 0.29) is 0 Å². The molecule has 4 nitrogen and oxygen atoms in total. The van der Waals surface area contributed by atoms with Gasteiger partial charge in [-0.3, -0.25) is 4.31 Å². The van der Waals surface area contributed by atoms with Gasteiger partial charge in [0.15, 0.2) is 0 Å². The van der Waals surface area contributed by atoms with Crippen LogP contribution in [-0.4, -0.2) is 26.4 Å². The molecule has 1 aliphatic heterocycles. The van der Waals surface area contributed by atoms with Crippen molar-refractivity contribution in [2.45, 2.75) is 18.2 Å². The predicted octanol–water partition coefficient (Wildman–Crippen LogP) is 1.99. The Kier molecular flexibility index (Phi) is 3.11. The van der Waals surface area contributed by atoms with Crippen LogP contribution in [0.25, 0.3) is 0 Å². The molecule has 1 heterocycles. The number of hydrogen-bond donors (Lipinski definition) is 0. The Bertz CT molecular complexity index is 531. The normalized spacial score (nSPS) is 15.9. The summed E-state index contributed by atoms with van der Waals surface area (Å²) in [5.74, 6) is 0.650. The lowest BCUT2D eigenvalue weighted by Crippen LogP contribution is -2.23. The lowest BCUT2D eigenvalue weighted by atomic mass is 10.3. The Morgan fingerprint density at radius 2 is 1.88 bits per heavy atom. The second-order valence-electron chi connectivity index (χ2n) is 4.02. The highest BCUT2D eigenvalue weighted by molar-refractivity contribution is 7.89. The largest absolute Gasteiger partial charge is 0.497 e. The second kappa shape index (κ2) is 4.41. The van der Waals surface area contributed by atoms with Crippen LogP contribution in [-0.2, 0) is 10.0 Å². The number of sulfonamides is 1. The van der Waals surface area contributed by atoms with Crippen LogP contribution in [0, 0.1) is 0 Å². The van der Waals surface area contributed by atoms with Gasteiger partial charge in [-0.05, 0) is 37.6 Å². The van der Waals surface area contributed by atoms with E-state index < -0.39 is 10.0 Å². The third kappa shape index (κ3) is 2.29. The first kappa shape index (κ1) is 12.0. The van der Waals surface area contributed by atoms with Crippen molar-refractivity contribution in [2.75, 3.05) is 13.7 Å². The van der Waals surface area contributed by atoms with Gasteiger partial charge in [0.2, 0.25) is 0 Å². The summed E-state index contributed by atoms with van der Waals surface area (Å²) in [5, 5.41) is 0. The highest BCUT2D eigenvalue weighted by atomic mass is 32.2. The summed E-state index contributed by atoms with van der Waals surface area (Å²) in [7, 11) is -1.84. The van der Waals surface area contributed by atoms with Crippen molar-refractivity contribution < 1.29 is 13.2 Å². The maximum Gasteiger partial charge on any atom is 0.263 e. The van der Waals surface area contributed by atoms with Crippen LogP contribution in [0.1, 0.15) is 13.3 Å². The SMILES string of the molecule is COc1ccc(S(=O)(=O)N2C=C(C)CC2)cc1.